The van der Waals surface area contributed by atoms with Crippen LogP contribution >= 0.6 is 0 Å². The Bertz CT molecular complexity index is 332. The quantitative estimate of drug-likeness (QED) is 0.667. The van der Waals surface area contributed by atoms with E-state index in [0.717, 1.165) is 25.8 Å². The maximum absolute atomic E-state index is 11.5. The molecular formula is C11H19N3O4. The van der Waals surface area contributed by atoms with Crippen molar-refractivity contribution < 1.29 is 19.1 Å². The summed E-state index contributed by atoms with van der Waals surface area (Å²) in [7, 11) is 1.34. The van der Waals surface area contributed by atoms with E-state index in [9.17, 15) is 14.4 Å². The molecule has 102 valence electrons. The fourth-order valence-corrected chi connectivity index (χ4v) is 2.14. The Morgan fingerprint density at radius 2 is 2.11 bits per heavy atom. The summed E-state index contributed by atoms with van der Waals surface area (Å²) in [5, 5.41) is 2.02. The van der Waals surface area contributed by atoms with E-state index in [1.54, 1.807) is 0 Å². The number of carbonyl (C=O) groups is 3. The predicted octanol–water partition coefficient (Wildman–Crippen LogP) is -0.401. The highest BCUT2D eigenvalue weighted by Gasteiger charge is 2.26. The molecule has 1 fully saturated rings. The number of primary amides is 1. The number of ether oxygens (including phenoxy) is 1. The Labute approximate surface area is 106 Å². The monoisotopic (exact) mass is 257 g/mol. The number of imide groups is 1. The van der Waals surface area contributed by atoms with Crippen molar-refractivity contribution in [3.05, 3.63) is 0 Å². The maximum Gasteiger partial charge on any atom is 0.318 e. The predicted molar refractivity (Wildman–Crippen MR) is 63.6 cm³/mol. The fraction of sp³-hybridized carbons (Fsp3) is 0.727. The van der Waals surface area contributed by atoms with Crippen molar-refractivity contribution in [2.24, 2.45) is 5.73 Å². The summed E-state index contributed by atoms with van der Waals surface area (Å²) in [6, 6.07) is -0.869. The van der Waals surface area contributed by atoms with Crippen LogP contribution in [-0.2, 0) is 14.3 Å². The number of piperidine rings is 1. The van der Waals surface area contributed by atoms with E-state index in [2.05, 4.69) is 4.74 Å². The smallest absolute Gasteiger partial charge is 0.318 e. The molecule has 1 saturated heterocycles. The number of nitrogens with two attached hydrogens (primary N) is 1. The van der Waals surface area contributed by atoms with Crippen LogP contribution in [0, 0.1) is 0 Å². The van der Waals surface area contributed by atoms with E-state index in [1.165, 1.54) is 7.11 Å². The molecule has 1 heterocycles. The van der Waals surface area contributed by atoms with Crippen LogP contribution in [0.4, 0.5) is 4.79 Å². The van der Waals surface area contributed by atoms with Gasteiger partial charge in [0.1, 0.15) is 0 Å². The number of methoxy groups -OCH3 is 1. The standard InChI is InChI=1S/C11H19N3O4/c1-18-10(16)6-8-4-2-3-5-14(8)7-9(15)13-11(12)17/h8H,2-7H2,1H3,(H3,12,13,15,17). The van der Waals surface area contributed by atoms with Gasteiger partial charge in [-0.1, -0.05) is 6.42 Å². The number of esters is 1. The van der Waals surface area contributed by atoms with Gasteiger partial charge in [-0.15, -0.1) is 0 Å². The minimum atomic E-state index is -0.860. The van der Waals surface area contributed by atoms with Gasteiger partial charge in [0.05, 0.1) is 20.1 Å². The normalized spacial score (nSPS) is 20.2. The second kappa shape index (κ2) is 6.95. The van der Waals surface area contributed by atoms with Crippen molar-refractivity contribution in [2.45, 2.75) is 31.7 Å². The number of hydrogen-bond acceptors (Lipinski definition) is 5. The number of rotatable bonds is 4. The molecule has 0 radical (unpaired) electrons. The molecule has 3 amide bonds. The maximum atomic E-state index is 11.5. The molecule has 0 spiro atoms. The highest BCUT2D eigenvalue weighted by Crippen LogP contribution is 2.19. The first-order valence-electron chi connectivity index (χ1n) is 5.93. The van der Waals surface area contributed by atoms with Gasteiger partial charge < -0.3 is 10.5 Å². The lowest BCUT2D eigenvalue weighted by Crippen LogP contribution is -2.48. The molecular weight excluding hydrogens is 238 g/mol. The Hall–Kier alpha value is -1.63. The molecule has 0 bridgehead atoms. The van der Waals surface area contributed by atoms with E-state index < -0.39 is 11.9 Å². The van der Waals surface area contributed by atoms with Crippen LogP contribution < -0.4 is 11.1 Å². The summed E-state index contributed by atoms with van der Waals surface area (Å²) < 4.78 is 4.63. The first-order valence-corrected chi connectivity index (χ1v) is 5.93. The summed E-state index contributed by atoms with van der Waals surface area (Å²) in [5.41, 5.74) is 4.87. The van der Waals surface area contributed by atoms with Gasteiger partial charge in [0.25, 0.3) is 0 Å². The highest BCUT2D eigenvalue weighted by molar-refractivity contribution is 5.94. The van der Waals surface area contributed by atoms with Crippen LogP contribution in [0.25, 0.3) is 0 Å². The third-order valence-corrected chi connectivity index (χ3v) is 2.99. The zero-order chi connectivity index (χ0) is 13.5. The number of nitrogens with one attached hydrogen (secondary N) is 1. The topological polar surface area (TPSA) is 102 Å². The molecule has 1 aliphatic rings. The van der Waals surface area contributed by atoms with E-state index in [1.807, 2.05) is 10.2 Å². The molecule has 7 heteroatoms. The molecule has 0 aromatic heterocycles. The van der Waals surface area contributed by atoms with Crippen molar-refractivity contribution in [3.8, 4) is 0 Å². The molecule has 18 heavy (non-hydrogen) atoms. The molecule has 1 atom stereocenters. The Kier molecular flexibility index (Phi) is 5.57. The zero-order valence-electron chi connectivity index (χ0n) is 10.5. The molecule has 3 N–H and O–H groups in total. The number of urea groups is 1. The number of amides is 3. The van der Waals surface area contributed by atoms with Crippen LogP contribution in [-0.4, -0.2) is 49.0 Å². The Morgan fingerprint density at radius 1 is 1.39 bits per heavy atom. The zero-order valence-corrected chi connectivity index (χ0v) is 10.5. The van der Waals surface area contributed by atoms with Crippen LogP contribution in [0.2, 0.25) is 0 Å². The molecule has 0 aromatic rings. The van der Waals surface area contributed by atoms with Crippen LogP contribution in [0.15, 0.2) is 0 Å². The van der Waals surface area contributed by atoms with E-state index >= 15 is 0 Å². The fourth-order valence-electron chi connectivity index (χ4n) is 2.14. The number of carbonyl (C=O) groups excluding carboxylic acids is 3. The summed E-state index contributed by atoms with van der Waals surface area (Å²) in [5.74, 6) is -0.735. The first-order chi connectivity index (χ1) is 8.52. The van der Waals surface area contributed by atoms with Gasteiger partial charge >= 0.3 is 12.0 Å². The van der Waals surface area contributed by atoms with Crippen molar-refractivity contribution in [1.82, 2.24) is 10.2 Å². The molecule has 7 nitrogen and oxygen atoms in total. The van der Waals surface area contributed by atoms with Crippen molar-refractivity contribution in [3.63, 3.8) is 0 Å². The van der Waals surface area contributed by atoms with Gasteiger partial charge in [0.2, 0.25) is 5.91 Å². The van der Waals surface area contributed by atoms with Gasteiger partial charge in [-0.2, -0.15) is 0 Å². The van der Waals surface area contributed by atoms with Crippen molar-refractivity contribution in [2.75, 3.05) is 20.2 Å². The number of likely N-dealkylation sites (tertiary alicyclic amines) is 1. The minimum Gasteiger partial charge on any atom is -0.469 e. The van der Waals surface area contributed by atoms with E-state index in [4.69, 9.17) is 5.73 Å². The van der Waals surface area contributed by atoms with Gasteiger partial charge in [-0.3, -0.25) is 19.8 Å². The Morgan fingerprint density at radius 3 is 2.72 bits per heavy atom. The highest BCUT2D eigenvalue weighted by atomic mass is 16.5. The largest absolute Gasteiger partial charge is 0.469 e. The number of hydrogen-bond donors (Lipinski definition) is 2. The third-order valence-electron chi connectivity index (χ3n) is 2.99. The van der Waals surface area contributed by atoms with E-state index in [-0.39, 0.29) is 25.0 Å². The van der Waals surface area contributed by atoms with E-state index in [0.29, 0.717) is 0 Å². The van der Waals surface area contributed by atoms with Crippen LogP contribution in [0.3, 0.4) is 0 Å². The van der Waals surface area contributed by atoms with Crippen LogP contribution in [0.5, 0.6) is 0 Å². The molecule has 1 unspecified atom stereocenters. The average molecular weight is 257 g/mol. The Balaban J connectivity index is 2.51. The number of nitrogens with zero attached hydrogens (tertiary/aromatic N) is 1. The van der Waals surface area contributed by atoms with Crippen LogP contribution in [0.1, 0.15) is 25.7 Å². The summed E-state index contributed by atoms with van der Waals surface area (Å²) in [6.07, 6.45) is 3.11. The SMILES string of the molecule is COC(=O)CC1CCCCN1CC(=O)NC(N)=O. The minimum absolute atomic E-state index is 0.00942. The van der Waals surface area contributed by atoms with Gasteiger partial charge in [-0.25, -0.2) is 4.79 Å². The lowest BCUT2D eigenvalue weighted by Gasteiger charge is -2.34. The molecule has 0 aromatic carbocycles. The molecule has 0 aliphatic carbocycles. The van der Waals surface area contributed by atoms with Crippen molar-refractivity contribution in [1.29, 1.82) is 0 Å². The average Bonchev–Trinajstić information content (AvgIpc) is 2.30. The molecule has 1 rings (SSSR count). The summed E-state index contributed by atoms with van der Waals surface area (Å²) in [6.45, 7) is 0.804. The second-order valence-corrected chi connectivity index (χ2v) is 4.31. The molecule has 1 aliphatic heterocycles. The van der Waals surface area contributed by atoms with Crippen molar-refractivity contribution >= 4 is 17.9 Å². The second-order valence-electron chi connectivity index (χ2n) is 4.31. The lowest BCUT2D eigenvalue weighted by atomic mass is 9.99. The lowest BCUT2D eigenvalue weighted by molar-refractivity contribution is -0.143. The van der Waals surface area contributed by atoms with Gasteiger partial charge in [0.15, 0.2) is 0 Å². The van der Waals surface area contributed by atoms with Gasteiger partial charge in [0, 0.05) is 6.04 Å². The summed E-state index contributed by atoms with van der Waals surface area (Å²) >= 11 is 0. The molecule has 0 saturated carbocycles. The summed E-state index contributed by atoms with van der Waals surface area (Å²) in [4.78, 5) is 35.2. The third kappa shape index (κ3) is 4.70. The first kappa shape index (κ1) is 14.4. The van der Waals surface area contributed by atoms with Gasteiger partial charge in [-0.05, 0) is 19.4 Å².